The molecule has 0 radical (unpaired) electrons. The van der Waals surface area contributed by atoms with Crippen molar-refractivity contribution in [2.45, 2.75) is 19.1 Å². The lowest BCUT2D eigenvalue weighted by atomic mass is 10.1. The molecule has 1 heterocycles. The number of benzene rings is 2. The van der Waals surface area contributed by atoms with Crippen LogP contribution in [0.4, 0.5) is 19.3 Å². The zero-order valence-corrected chi connectivity index (χ0v) is 12.4. The Labute approximate surface area is 136 Å². The van der Waals surface area contributed by atoms with Crippen LogP contribution in [0.5, 0.6) is 0 Å². The van der Waals surface area contributed by atoms with Crippen molar-refractivity contribution in [3.63, 3.8) is 0 Å². The lowest BCUT2D eigenvalue weighted by Crippen LogP contribution is -2.43. The van der Waals surface area contributed by atoms with Gasteiger partial charge in [0.2, 0.25) is 0 Å². The number of nitrogens with zero attached hydrogens (tertiary/aromatic N) is 1. The van der Waals surface area contributed by atoms with Gasteiger partial charge in [-0.1, -0.05) is 30.3 Å². The SMILES string of the molecule is O=C(O)C1Cc2c(F)cc(F)cc2N1C(=O)OCc1ccccc1. The van der Waals surface area contributed by atoms with Gasteiger partial charge in [0.1, 0.15) is 24.3 Å². The quantitative estimate of drug-likeness (QED) is 0.937. The Morgan fingerprint density at radius 3 is 2.58 bits per heavy atom. The number of fused-ring (bicyclic) bond motifs is 1. The maximum absolute atomic E-state index is 13.9. The van der Waals surface area contributed by atoms with E-state index in [0.29, 0.717) is 11.6 Å². The summed E-state index contributed by atoms with van der Waals surface area (Å²) in [6.45, 7) is -0.0738. The van der Waals surface area contributed by atoms with E-state index in [-0.39, 0.29) is 24.3 Å². The Morgan fingerprint density at radius 2 is 1.92 bits per heavy atom. The van der Waals surface area contributed by atoms with Gasteiger partial charge >= 0.3 is 12.1 Å². The number of rotatable bonds is 3. The molecule has 5 nitrogen and oxygen atoms in total. The van der Waals surface area contributed by atoms with Crippen LogP contribution in [0.1, 0.15) is 11.1 Å². The van der Waals surface area contributed by atoms with Gasteiger partial charge in [-0.2, -0.15) is 0 Å². The molecule has 24 heavy (non-hydrogen) atoms. The third-order valence-corrected chi connectivity index (χ3v) is 3.79. The average Bonchev–Trinajstić information content (AvgIpc) is 2.93. The van der Waals surface area contributed by atoms with Gasteiger partial charge in [0, 0.05) is 18.1 Å². The number of anilines is 1. The fraction of sp³-hybridized carbons (Fsp3) is 0.176. The summed E-state index contributed by atoms with van der Waals surface area (Å²) in [5.41, 5.74) is 0.584. The second-order valence-electron chi connectivity index (χ2n) is 5.35. The van der Waals surface area contributed by atoms with Crippen LogP contribution in [0.3, 0.4) is 0 Å². The van der Waals surface area contributed by atoms with Crippen LogP contribution in [-0.2, 0) is 22.6 Å². The molecule has 0 bridgehead atoms. The minimum atomic E-state index is -1.33. The van der Waals surface area contributed by atoms with Crippen molar-refractivity contribution in [1.29, 1.82) is 0 Å². The fourth-order valence-corrected chi connectivity index (χ4v) is 2.67. The van der Waals surface area contributed by atoms with Gasteiger partial charge in [-0.05, 0) is 11.6 Å². The number of amides is 1. The third-order valence-electron chi connectivity index (χ3n) is 3.79. The summed E-state index contributed by atoms with van der Waals surface area (Å²) in [6, 6.07) is 9.06. The van der Waals surface area contributed by atoms with Crippen molar-refractivity contribution in [3.8, 4) is 0 Å². The Kier molecular flexibility index (Phi) is 4.16. The average molecular weight is 333 g/mol. The molecule has 0 saturated heterocycles. The van der Waals surface area contributed by atoms with E-state index in [2.05, 4.69) is 0 Å². The molecular formula is C17H13F2NO4. The molecule has 1 aliphatic rings. The number of carboxylic acids is 1. The van der Waals surface area contributed by atoms with Crippen LogP contribution < -0.4 is 4.90 Å². The lowest BCUT2D eigenvalue weighted by molar-refractivity contribution is -0.138. The number of hydrogen-bond acceptors (Lipinski definition) is 3. The predicted octanol–water partition coefficient (Wildman–Crippen LogP) is 3.12. The van der Waals surface area contributed by atoms with Crippen molar-refractivity contribution in [2.24, 2.45) is 0 Å². The molecule has 0 aromatic heterocycles. The molecule has 1 atom stereocenters. The fourth-order valence-electron chi connectivity index (χ4n) is 2.67. The van der Waals surface area contributed by atoms with Crippen molar-refractivity contribution in [1.82, 2.24) is 0 Å². The number of halogens is 2. The summed E-state index contributed by atoms with van der Waals surface area (Å²) in [5.74, 6) is -3.09. The Morgan fingerprint density at radius 1 is 1.21 bits per heavy atom. The first-order valence-electron chi connectivity index (χ1n) is 7.18. The van der Waals surface area contributed by atoms with Gasteiger partial charge < -0.3 is 9.84 Å². The lowest BCUT2D eigenvalue weighted by Gasteiger charge is -2.22. The van der Waals surface area contributed by atoms with Gasteiger partial charge in [-0.15, -0.1) is 0 Å². The summed E-state index contributed by atoms with van der Waals surface area (Å²) in [6.07, 6.45) is -1.20. The number of carbonyl (C=O) groups is 2. The molecule has 124 valence electrons. The van der Waals surface area contributed by atoms with Crippen molar-refractivity contribution in [2.75, 3.05) is 4.90 Å². The normalized spacial score (nSPS) is 15.9. The molecule has 0 saturated carbocycles. The highest BCUT2D eigenvalue weighted by Crippen LogP contribution is 2.35. The van der Waals surface area contributed by atoms with Crippen molar-refractivity contribution >= 4 is 17.7 Å². The predicted molar refractivity (Wildman–Crippen MR) is 80.6 cm³/mol. The molecule has 1 amide bonds. The molecule has 1 aliphatic heterocycles. The summed E-state index contributed by atoms with van der Waals surface area (Å²) < 4.78 is 32.4. The molecule has 3 rings (SSSR count). The standard InChI is InChI=1S/C17H13F2NO4/c18-11-6-13(19)12-8-15(16(21)22)20(14(12)7-11)17(23)24-9-10-4-2-1-3-5-10/h1-7,15H,8-9H2,(H,21,22). The molecule has 0 aliphatic carbocycles. The van der Waals surface area contributed by atoms with Crippen LogP contribution in [-0.4, -0.2) is 23.2 Å². The molecule has 1 unspecified atom stereocenters. The first-order chi connectivity index (χ1) is 11.5. The third kappa shape index (κ3) is 2.92. The molecule has 2 aromatic rings. The van der Waals surface area contributed by atoms with Crippen molar-refractivity contribution < 1.29 is 28.2 Å². The van der Waals surface area contributed by atoms with Crippen LogP contribution in [0, 0.1) is 11.6 Å². The van der Waals surface area contributed by atoms with Crippen LogP contribution in [0.15, 0.2) is 42.5 Å². The Balaban J connectivity index is 1.87. The highest BCUT2D eigenvalue weighted by atomic mass is 19.1. The molecule has 2 aromatic carbocycles. The molecule has 7 heteroatoms. The first-order valence-corrected chi connectivity index (χ1v) is 7.18. The summed E-state index contributed by atoms with van der Waals surface area (Å²) >= 11 is 0. The highest BCUT2D eigenvalue weighted by molar-refractivity contribution is 5.98. The topological polar surface area (TPSA) is 66.8 Å². The van der Waals surface area contributed by atoms with Gasteiger partial charge in [0.05, 0.1) is 5.69 Å². The van der Waals surface area contributed by atoms with Crippen molar-refractivity contribution in [3.05, 3.63) is 65.2 Å². The van der Waals surface area contributed by atoms with Gasteiger partial charge in [-0.25, -0.2) is 18.4 Å². The maximum atomic E-state index is 13.9. The van der Waals surface area contributed by atoms with Crippen LogP contribution >= 0.6 is 0 Å². The molecule has 0 spiro atoms. The Hall–Kier alpha value is -2.96. The van der Waals surface area contributed by atoms with E-state index in [1.807, 2.05) is 0 Å². The summed E-state index contributed by atoms with van der Waals surface area (Å²) in [5, 5.41) is 9.28. The zero-order valence-electron chi connectivity index (χ0n) is 12.4. The summed E-state index contributed by atoms with van der Waals surface area (Å²) in [7, 11) is 0. The largest absolute Gasteiger partial charge is 0.480 e. The molecule has 1 N–H and O–H groups in total. The number of hydrogen-bond donors (Lipinski definition) is 1. The van der Waals surface area contributed by atoms with E-state index in [1.165, 1.54) is 0 Å². The highest BCUT2D eigenvalue weighted by Gasteiger charge is 2.41. The number of aliphatic carboxylic acids is 1. The molecule has 0 fully saturated rings. The van der Waals surface area contributed by atoms with E-state index < -0.39 is 29.7 Å². The second-order valence-corrected chi connectivity index (χ2v) is 5.35. The maximum Gasteiger partial charge on any atom is 0.415 e. The number of carboxylic acid groups (broad SMARTS) is 1. The van der Waals surface area contributed by atoms with Gasteiger partial charge in [0.15, 0.2) is 0 Å². The van der Waals surface area contributed by atoms with E-state index in [0.717, 1.165) is 11.0 Å². The van der Waals surface area contributed by atoms with Crippen LogP contribution in [0.25, 0.3) is 0 Å². The van der Waals surface area contributed by atoms with E-state index in [1.54, 1.807) is 30.3 Å². The number of ether oxygens (including phenoxy) is 1. The monoisotopic (exact) mass is 333 g/mol. The first kappa shape index (κ1) is 15.9. The van der Waals surface area contributed by atoms with E-state index >= 15 is 0 Å². The van der Waals surface area contributed by atoms with Gasteiger partial charge in [0.25, 0.3) is 0 Å². The van der Waals surface area contributed by atoms with E-state index in [9.17, 15) is 23.5 Å². The van der Waals surface area contributed by atoms with E-state index in [4.69, 9.17) is 4.74 Å². The molecular weight excluding hydrogens is 320 g/mol. The number of carbonyl (C=O) groups excluding carboxylic acids is 1. The van der Waals surface area contributed by atoms with Crippen LogP contribution in [0.2, 0.25) is 0 Å². The minimum absolute atomic E-state index is 0.0135. The zero-order chi connectivity index (χ0) is 17.3. The summed E-state index contributed by atoms with van der Waals surface area (Å²) in [4.78, 5) is 24.5. The minimum Gasteiger partial charge on any atom is -0.480 e. The van der Waals surface area contributed by atoms with Gasteiger partial charge in [-0.3, -0.25) is 4.90 Å². The Bertz CT molecular complexity index is 795. The smallest absolute Gasteiger partial charge is 0.415 e. The second kappa shape index (κ2) is 6.27.